The third kappa shape index (κ3) is 2.12. The van der Waals surface area contributed by atoms with Crippen molar-refractivity contribution in [1.29, 1.82) is 0 Å². The van der Waals surface area contributed by atoms with Crippen LogP contribution in [0.15, 0.2) is 36.4 Å². The molecular formula is C16H10N2O6. The molecule has 2 aromatic rings. The maximum absolute atomic E-state index is 12.5. The minimum atomic E-state index is -1.39. The molecule has 8 nitrogen and oxygen atoms in total. The normalized spacial score (nSPS) is 13.1. The van der Waals surface area contributed by atoms with Gasteiger partial charge in [-0.2, -0.15) is 0 Å². The molecule has 2 aromatic carbocycles. The third-order valence-corrected chi connectivity index (χ3v) is 3.83. The standard InChI is InChI=1S/C16H10N2O6/c1-8-12(6-9(16(21)22)7-13(8)18(23)24)17-14(19)10-4-2-3-5-11(10)15(17)20/h2-7H,1H3,(H,21,22). The van der Waals surface area contributed by atoms with Crippen molar-refractivity contribution in [2.75, 3.05) is 4.90 Å². The van der Waals surface area contributed by atoms with Gasteiger partial charge < -0.3 is 5.11 Å². The van der Waals surface area contributed by atoms with E-state index in [2.05, 4.69) is 0 Å². The van der Waals surface area contributed by atoms with E-state index in [1.807, 2.05) is 0 Å². The van der Waals surface area contributed by atoms with Gasteiger partial charge in [-0.1, -0.05) is 12.1 Å². The van der Waals surface area contributed by atoms with Crippen molar-refractivity contribution in [3.63, 3.8) is 0 Å². The molecule has 0 radical (unpaired) electrons. The molecule has 2 amide bonds. The average molecular weight is 326 g/mol. The molecule has 120 valence electrons. The molecule has 1 aliphatic rings. The van der Waals surface area contributed by atoms with E-state index in [9.17, 15) is 24.5 Å². The van der Waals surface area contributed by atoms with Crippen molar-refractivity contribution in [3.05, 3.63) is 68.8 Å². The van der Waals surface area contributed by atoms with Gasteiger partial charge in [0.15, 0.2) is 0 Å². The Labute approximate surface area is 135 Å². The number of fused-ring (bicyclic) bond motifs is 1. The van der Waals surface area contributed by atoms with Gasteiger partial charge in [-0.05, 0) is 25.1 Å². The van der Waals surface area contributed by atoms with Crippen LogP contribution < -0.4 is 4.90 Å². The average Bonchev–Trinajstić information content (AvgIpc) is 2.79. The number of hydrogen-bond acceptors (Lipinski definition) is 5. The van der Waals surface area contributed by atoms with E-state index >= 15 is 0 Å². The topological polar surface area (TPSA) is 118 Å². The Morgan fingerprint density at radius 1 is 1.12 bits per heavy atom. The van der Waals surface area contributed by atoms with Crippen LogP contribution in [0.3, 0.4) is 0 Å². The van der Waals surface area contributed by atoms with E-state index in [0.717, 1.165) is 17.0 Å². The van der Waals surface area contributed by atoms with E-state index in [-0.39, 0.29) is 27.9 Å². The molecule has 0 fully saturated rings. The fourth-order valence-electron chi connectivity index (χ4n) is 2.64. The van der Waals surface area contributed by atoms with Crippen LogP contribution in [0, 0.1) is 17.0 Å². The Morgan fingerprint density at radius 2 is 1.67 bits per heavy atom. The molecule has 0 aliphatic carbocycles. The van der Waals surface area contributed by atoms with Crippen LogP contribution in [0.25, 0.3) is 0 Å². The highest BCUT2D eigenvalue weighted by Crippen LogP contribution is 2.35. The zero-order chi connectivity index (χ0) is 17.6. The number of anilines is 1. The predicted molar refractivity (Wildman–Crippen MR) is 82.4 cm³/mol. The lowest BCUT2D eigenvalue weighted by atomic mass is 10.1. The lowest BCUT2D eigenvalue weighted by molar-refractivity contribution is -0.385. The smallest absolute Gasteiger partial charge is 0.336 e. The second kappa shape index (κ2) is 5.27. The van der Waals surface area contributed by atoms with Crippen molar-refractivity contribution in [1.82, 2.24) is 0 Å². The van der Waals surface area contributed by atoms with Crippen molar-refractivity contribution < 1.29 is 24.4 Å². The monoisotopic (exact) mass is 326 g/mol. The van der Waals surface area contributed by atoms with Gasteiger partial charge in [-0.25, -0.2) is 9.69 Å². The van der Waals surface area contributed by atoms with Gasteiger partial charge in [0.1, 0.15) is 0 Å². The molecule has 1 N–H and O–H groups in total. The second-order valence-electron chi connectivity index (χ2n) is 5.19. The van der Waals surface area contributed by atoms with E-state index in [4.69, 9.17) is 5.11 Å². The highest BCUT2D eigenvalue weighted by atomic mass is 16.6. The quantitative estimate of drug-likeness (QED) is 0.525. The number of rotatable bonds is 3. The Morgan fingerprint density at radius 3 is 2.12 bits per heavy atom. The number of carbonyl (C=O) groups is 3. The summed E-state index contributed by atoms with van der Waals surface area (Å²) < 4.78 is 0. The number of benzene rings is 2. The number of amides is 2. The first-order chi connectivity index (χ1) is 11.3. The van der Waals surface area contributed by atoms with Gasteiger partial charge in [-0.3, -0.25) is 19.7 Å². The Kier molecular flexibility index (Phi) is 3.37. The number of carbonyl (C=O) groups excluding carboxylic acids is 2. The first-order valence-corrected chi connectivity index (χ1v) is 6.83. The van der Waals surface area contributed by atoms with Crippen molar-refractivity contribution in [2.24, 2.45) is 0 Å². The highest BCUT2D eigenvalue weighted by Gasteiger charge is 2.38. The van der Waals surface area contributed by atoms with Crippen LogP contribution in [0.5, 0.6) is 0 Å². The first kappa shape index (κ1) is 15.3. The van der Waals surface area contributed by atoms with Gasteiger partial charge >= 0.3 is 5.97 Å². The van der Waals surface area contributed by atoms with Gasteiger partial charge in [-0.15, -0.1) is 0 Å². The molecule has 0 spiro atoms. The molecule has 0 aromatic heterocycles. The van der Waals surface area contributed by atoms with Crippen molar-refractivity contribution >= 4 is 29.2 Å². The molecule has 1 heterocycles. The van der Waals surface area contributed by atoms with E-state index in [1.54, 1.807) is 12.1 Å². The summed E-state index contributed by atoms with van der Waals surface area (Å²) in [5.41, 5.74) is -0.566. The summed E-state index contributed by atoms with van der Waals surface area (Å²) in [4.78, 5) is 47.4. The first-order valence-electron chi connectivity index (χ1n) is 6.83. The molecule has 0 unspecified atom stereocenters. The summed E-state index contributed by atoms with van der Waals surface area (Å²) in [5.74, 6) is -2.68. The largest absolute Gasteiger partial charge is 0.478 e. The Bertz CT molecular complexity index is 899. The van der Waals surface area contributed by atoms with Gasteiger partial charge in [0.2, 0.25) is 0 Å². The fraction of sp³-hybridized carbons (Fsp3) is 0.0625. The van der Waals surface area contributed by atoms with Gasteiger partial charge in [0.05, 0.1) is 32.9 Å². The fourth-order valence-corrected chi connectivity index (χ4v) is 2.64. The van der Waals surface area contributed by atoms with Gasteiger partial charge in [0.25, 0.3) is 17.5 Å². The number of nitrogens with zero attached hydrogens (tertiary/aromatic N) is 2. The summed E-state index contributed by atoms with van der Waals surface area (Å²) in [5, 5.41) is 20.3. The number of nitro benzene ring substituents is 1. The zero-order valence-corrected chi connectivity index (χ0v) is 12.3. The maximum Gasteiger partial charge on any atom is 0.336 e. The Hall–Kier alpha value is -3.55. The molecule has 8 heteroatoms. The molecule has 24 heavy (non-hydrogen) atoms. The second-order valence-corrected chi connectivity index (χ2v) is 5.19. The van der Waals surface area contributed by atoms with Gasteiger partial charge in [0, 0.05) is 6.07 Å². The lowest BCUT2D eigenvalue weighted by Gasteiger charge is -2.17. The van der Waals surface area contributed by atoms with Crippen LogP contribution in [0.4, 0.5) is 11.4 Å². The molecular weight excluding hydrogens is 316 g/mol. The molecule has 0 atom stereocenters. The summed E-state index contributed by atoms with van der Waals surface area (Å²) in [6, 6.07) is 8.12. The lowest BCUT2D eigenvalue weighted by Crippen LogP contribution is -2.30. The summed E-state index contributed by atoms with van der Waals surface area (Å²) in [6.07, 6.45) is 0. The number of hydrogen-bond donors (Lipinski definition) is 1. The third-order valence-electron chi connectivity index (χ3n) is 3.83. The van der Waals surface area contributed by atoms with Crippen LogP contribution in [-0.4, -0.2) is 27.8 Å². The van der Waals surface area contributed by atoms with Crippen LogP contribution >= 0.6 is 0 Å². The van der Waals surface area contributed by atoms with Crippen LogP contribution in [0.1, 0.15) is 36.6 Å². The SMILES string of the molecule is Cc1c(N2C(=O)c3ccccc3C2=O)cc(C(=O)O)cc1[N+](=O)[O-]. The summed E-state index contributed by atoms with van der Waals surface area (Å²) in [6.45, 7) is 1.36. The van der Waals surface area contributed by atoms with E-state index in [1.165, 1.54) is 19.1 Å². The summed E-state index contributed by atoms with van der Waals surface area (Å²) in [7, 11) is 0. The van der Waals surface area contributed by atoms with E-state index < -0.39 is 28.4 Å². The molecule has 0 saturated heterocycles. The minimum Gasteiger partial charge on any atom is -0.478 e. The summed E-state index contributed by atoms with van der Waals surface area (Å²) >= 11 is 0. The van der Waals surface area contributed by atoms with Crippen LogP contribution in [-0.2, 0) is 0 Å². The molecule has 1 aliphatic heterocycles. The number of carboxylic acid groups (broad SMARTS) is 1. The zero-order valence-electron chi connectivity index (χ0n) is 12.3. The number of nitro groups is 1. The molecule has 0 bridgehead atoms. The number of carboxylic acids is 1. The number of imide groups is 1. The number of aromatic carboxylic acids is 1. The van der Waals surface area contributed by atoms with Crippen molar-refractivity contribution in [3.8, 4) is 0 Å². The van der Waals surface area contributed by atoms with Crippen molar-refractivity contribution in [2.45, 2.75) is 6.92 Å². The highest BCUT2D eigenvalue weighted by molar-refractivity contribution is 6.34. The maximum atomic E-state index is 12.5. The molecule has 0 saturated carbocycles. The minimum absolute atomic E-state index is 0.0412. The van der Waals surface area contributed by atoms with E-state index in [0.29, 0.717) is 0 Å². The predicted octanol–water partition coefficient (Wildman–Crippen LogP) is 2.40. The molecule has 3 rings (SSSR count). The van der Waals surface area contributed by atoms with Crippen LogP contribution in [0.2, 0.25) is 0 Å². The Balaban J connectivity index is 2.24.